The average Bonchev–Trinajstić information content (AvgIpc) is 2.80. The first-order chi connectivity index (χ1) is 7.61. The number of rotatable bonds is 2. The average molecular weight is 228 g/mol. The second-order valence-electron chi connectivity index (χ2n) is 4.08. The second kappa shape index (κ2) is 3.88. The lowest BCUT2D eigenvalue weighted by Crippen LogP contribution is -2.34. The van der Waals surface area contributed by atoms with Crippen LogP contribution in [0.15, 0.2) is 12.2 Å². The first-order valence-corrected chi connectivity index (χ1v) is 5.10. The Morgan fingerprint density at radius 2 is 1.38 bits per heavy atom. The summed E-state index contributed by atoms with van der Waals surface area (Å²) in [4.78, 5) is 23.1. The summed E-state index contributed by atoms with van der Waals surface area (Å²) >= 11 is 0. The van der Waals surface area contributed by atoms with Crippen molar-refractivity contribution in [2.45, 2.75) is 6.17 Å². The summed E-state index contributed by atoms with van der Waals surface area (Å²) in [7, 11) is 2.47. The van der Waals surface area contributed by atoms with Crippen molar-refractivity contribution in [1.82, 2.24) is 0 Å². The molecule has 5 heteroatoms. The van der Waals surface area contributed by atoms with Gasteiger partial charge in [-0.1, -0.05) is 12.2 Å². The van der Waals surface area contributed by atoms with E-state index in [-0.39, 0.29) is 0 Å². The van der Waals surface area contributed by atoms with Crippen LogP contribution in [0.25, 0.3) is 0 Å². The van der Waals surface area contributed by atoms with E-state index in [1.54, 1.807) is 12.2 Å². The number of alkyl halides is 1. The first-order valence-electron chi connectivity index (χ1n) is 5.10. The van der Waals surface area contributed by atoms with E-state index in [0.717, 1.165) is 0 Å². The van der Waals surface area contributed by atoms with Crippen molar-refractivity contribution >= 4 is 11.9 Å². The van der Waals surface area contributed by atoms with Crippen LogP contribution in [-0.4, -0.2) is 32.3 Å². The number of hydrogen-bond acceptors (Lipinski definition) is 4. The summed E-state index contributed by atoms with van der Waals surface area (Å²) in [6, 6.07) is 0. The Labute approximate surface area is 92.4 Å². The van der Waals surface area contributed by atoms with E-state index in [1.807, 2.05) is 0 Å². The highest BCUT2D eigenvalue weighted by Crippen LogP contribution is 2.50. The Balaban J connectivity index is 2.31. The highest BCUT2D eigenvalue weighted by atomic mass is 19.1. The monoisotopic (exact) mass is 228 g/mol. The molecule has 16 heavy (non-hydrogen) atoms. The fraction of sp³-hybridized carbons (Fsp3) is 0.636. The minimum absolute atomic E-state index is 0.546. The normalized spacial score (nSPS) is 39.8. The molecule has 0 spiro atoms. The molecule has 0 saturated heterocycles. The van der Waals surface area contributed by atoms with E-state index in [2.05, 4.69) is 9.47 Å². The zero-order valence-corrected chi connectivity index (χ0v) is 9.05. The zero-order chi connectivity index (χ0) is 11.9. The molecule has 4 nitrogen and oxygen atoms in total. The van der Waals surface area contributed by atoms with Gasteiger partial charge in [0.1, 0.15) is 6.17 Å². The maximum Gasteiger partial charge on any atom is 0.310 e. The quantitative estimate of drug-likeness (QED) is 0.516. The number of methoxy groups -OCH3 is 2. The van der Waals surface area contributed by atoms with Gasteiger partial charge in [-0.25, -0.2) is 4.39 Å². The standard InChI is InChI=1S/C11H13FO4/c1-15-10(13)7-5-3-4-6(9(5)12)8(7)11(14)16-2/h3-9H,1-2H3. The van der Waals surface area contributed by atoms with E-state index in [4.69, 9.17) is 0 Å². The molecule has 2 aliphatic rings. The van der Waals surface area contributed by atoms with Gasteiger partial charge in [-0.05, 0) is 0 Å². The minimum Gasteiger partial charge on any atom is -0.469 e. The fourth-order valence-electron chi connectivity index (χ4n) is 2.72. The molecule has 1 fully saturated rings. The third-order valence-corrected chi connectivity index (χ3v) is 3.45. The van der Waals surface area contributed by atoms with Crippen molar-refractivity contribution in [3.63, 3.8) is 0 Å². The van der Waals surface area contributed by atoms with Crippen LogP contribution in [0.3, 0.4) is 0 Å². The van der Waals surface area contributed by atoms with Crippen LogP contribution < -0.4 is 0 Å². The lowest BCUT2D eigenvalue weighted by molar-refractivity contribution is -0.158. The van der Waals surface area contributed by atoms with E-state index in [9.17, 15) is 14.0 Å². The van der Waals surface area contributed by atoms with Gasteiger partial charge in [-0.2, -0.15) is 0 Å². The third-order valence-electron chi connectivity index (χ3n) is 3.45. The summed E-state index contributed by atoms with van der Waals surface area (Å²) < 4.78 is 23.0. The molecule has 0 heterocycles. The molecule has 1 saturated carbocycles. The van der Waals surface area contributed by atoms with Gasteiger partial charge in [-0.3, -0.25) is 9.59 Å². The zero-order valence-electron chi connectivity index (χ0n) is 9.05. The lowest BCUT2D eigenvalue weighted by atomic mass is 9.83. The predicted molar refractivity (Wildman–Crippen MR) is 52.0 cm³/mol. The number of carbonyl (C=O) groups excluding carboxylic acids is 2. The van der Waals surface area contributed by atoms with Crippen molar-refractivity contribution in [3.8, 4) is 0 Å². The Bertz CT molecular complexity index is 320. The van der Waals surface area contributed by atoms with Crippen molar-refractivity contribution in [1.29, 1.82) is 0 Å². The highest BCUT2D eigenvalue weighted by molar-refractivity contribution is 5.84. The lowest BCUT2D eigenvalue weighted by Gasteiger charge is -2.22. The molecule has 0 amide bonds. The number of halogens is 1. The Morgan fingerprint density at radius 1 is 1.00 bits per heavy atom. The van der Waals surface area contributed by atoms with Crippen LogP contribution in [0.4, 0.5) is 4.39 Å². The number of hydrogen-bond donors (Lipinski definition) is 0. The van der Waals surface area contributed by atoms with E-state index in [0.29, 0.717) is 0 Å². The highest BCUT2D eigenvalue weighted by Gasteiger charge is 2.59. The van der Waals surface area contributed by atoms with Crippen molar-refractivity contribution < 1.29 is 23.5 Å². The fourth-order valence-corrected chi connectivity index (χ4v) is 2.72. The van der Waals surface area contributed by atoms with Gasteiger partial charge in [-0.15, -0.1) is 0 Å². The Kier molecular flexibility index (Phi) is 2.69. The molecule has 2 rings (SSSR count). The molecule has 0 N–H and O–H groups in total. The summed E-state index contributed by atoms with van der Waals surface area (Å²) in [6.45, 7) is 0. The maximum absolute atomic E-state index is 13.8. The summed E-state index contributed by atoms with van der Waals surface area (Å²) in [5, 5.41) is 0. The molecule has 4 atom stereocenters. The number of carbonyl (C=O) groups is 2. The molecule has 88 valence electrons. The molecular formula is C11H13FO4. The Morgan fingerprint density at radius 3 is 1.69 bits per heavy atom. The number of fused-ring (bicyclic) bond motifs is 2. The molecule has 0 aromatic heterocycles. The van der Waals surface area contributed by atoms with E-state index >= 15 is 0 Å². The number of ether oxygens (including phenoxy) is 2. The van der Waals surface area contributed by atoms with Crippen molar-refractivity contribution in [3.05, 3.63) is 12.2 Å². The van der Waals surface area contributed by atoms with Gasteiger partial charge >= 0.3 is 11.9 Å². The van der Waals surface area contributed by atoms with Gasteiger partial charge in [0.15, 0.2) is 0 Å². The SMILES string of the molecule is COC(=O)C1C2C=CC(C2F)C1C(=O)OC. The topological polar surface area (TPSA) is 52.6 Å². The molecule has 2 aliphatic carbocycles. The number of allylic oxidation sites excluding steroid dienone is 2. The van der Waals surface area contributed by atoms with Crippen LogP contribution in [-0.2, 0) is 19.1 Å². The molecular weight excluding hydrogens is 215 g/mol. The molecule has 4 unspecified atom stereocenters. The molecule has 0 radical (unpaired) electrons. The van der Waals surface area contributed by atoms with Crippen molar-refractivity contribution in [2.24, 2.45) is 23.7 Å². The van der Waals surface area contributed by atoms with Gasteiger partial charge in [0, 0.05) is 11.8 Å². The second-order valence-corrected chi connectivity index (χ2v) is 4.08. The summed E-state index contributed by atoms with van der Waals surface area (Å²) in [5.41, 5.74) is 0. The van der Waals surface area contributed by atoms with Crippen molar-refractivity contribution in [2.75, 3.05) is 14.2 Å². The minimum atomic E-state index is -1.19. The largest absolute Gasteiger partial charge is 0.469 e. The van der Waals surface area contributed by atoms with E-state index in [1.165, 1.54) is 14.2 Å². The molecule has 0 aromatic carbocycles. The van der Waals surface area contributed by atoms with Crippen LogP contribution in [0.2, 0.25) is 0 Å². The van der Waals surface area contributed by atoms with Gasteiger partial charge in [0.05, 0.1) is 26.1 Å². The molecule has 2 bridgehead atoms. The smallest absolute Gasteiger partial charge is 0.310 e. The van der Waals surface area contributed by atoms with E-state index < -0.39 is 41.8 Å². The first kappa shape index (κ1) is 11.1. The van der Waals surface area contributed by atoms with Gasteiger partial charge < -0.3 is 9.47 Å². The van der Waals surface area contributed by atoms with Crippen LogP contribution in [0.5, 0.6) is 0 Å². The van der Waals surface area contributed by atoms with Gasteiger partial charge in [0.2, 0.25) is 0 Å². The van der Waals surface area contributed by atoms with Crippen LogP contribution >= 0.6 is 0 Å². The van der Waals surface area contributed by atoms with Crippen LogP contribution in [0, 0.1) is 23.7 Å². The molecule has 0 aromatic rings. The predicted octanol–water partition coefficient (Wildman–Crippen LogP) is 0.719. The number of esters is 2. The third kappa shape index (κ3) is 1.34. The van der Waals surface area contributed by atoms with Gasteiger partial charge in [0.25, 0.3) is 0 Å². The maximum atomic E-state index is 13.8. The van der Waals surface area contributed by atoms with Crippen LogP contribution in [0.1, 0.15) is 0 Å². The summed E-state index contributed by atoms with van der Waals surface area (Å²) in [5.74, 6) is -3.70. The Hall–Kier alpha value is -1.39. The molecule has 0 aliphatic heterocycles. The summed E-state index contributed by atoms with van der Waals surface area (Å²) in [6.07, 6.45) is 2.11.